The SMILES string of the molecule is O=C1CCCc2c1ccc(Cl)c2[N+](=O)[O-]. The van der Waals surface area contributed by atoms with E-state index in [1.54, 1.807) is 6.07 Å². The van der Waals surface area contributed by atoms with Gasteiger partial charge >= 0.3 is 0 Å². The van der Waals surface area contributed by atoms with Crippen LogP contribution in [0.25, 0.3) is 0 Å². The number of nitro benzene ring substituents is 1. The number of ketones is 1. The largest absolute Gasteiger partial charge is 0.294 e. The minimum atomic E-state index is -0.514. The molecule has 0 bridgehead atoms. The maximum atomic E-state index is 11.5. The molecule has 5 heteroatoms. The fraction of sp³-hybridized carbons (Fsp3) is 0.300. The molecular formula is C10H8ClNO3. The van der Waals surface area contributed by atoms with Crippen LogP contribution < -0.4 is 0 Å². The van der Waals surface area contributed by atoms with Crippen LogP contribution in [-0.2, 0) is 6.42 Å². The molecule has 15 heavy (non-hydrogen) atoms. The van der Waals surface area contributed by atoms with Gasteiger partial charge in [-0.15, -0.1) is 0 Å². The number of nitrogens with zero attached hydrogens (tertiary/aromatic N) is 1. The third kappa shape index (κ3) is 1.61. The molecule has 4 nitrogen and oxygen atoms in total. The van der Waals surface area contributed by atoms with Crippen molar-refractivity contribution in [1.29, 1.82) is 0 Å². The van der Waals surface area contributed by atoms with Crippen LogP contribution in [0, 0.1) is 10.1 Å². The number of hydrogen-bond acceptors (Lipinski definition) is 3. The Balaban J connectivity index is 2.68. The summed E-state index contributed by atoms with van der Waals surface area (Å²) in [6.45, 7) is 0. The van der Waals surface area contributed by atoms with Gasteiger partial charge in [-0.05, 0) is 25.0 Å². The minimum Gasteiger partial charge on any atom is -0.294 e. The molecule has 78 valence electrons. The average Bonchev–Trinajstić information content (AvgIpc) is 2.17. The van der Waals surface area contributed by atoms with Crippen molar-refractivity contribution < 1.29 is 9.72 Å². The fourth-order valence-corrected chi connectivity index (χ4v) is 2.13. The van der Waals surface area contributed by atoms with Crippen LogP contribution in [0.2, 0.25) is 5.02 Å². The summed E-state index contributed by atoms with van der Waals surface area (Å²) < 4.78 is 0. The number of nitro groups is 1. The van der Waals surface area contributed by atoms with E-state index in [4.69, 9.17) is 11.6 Å². The van der Waals surface area contributed by atoms with Crippen molar-refractivity contribution in [3.8, 4) is 0 Å². The molecule has 0 atom stereocenters. The van der Waals surface area contributed by atoms with Crippen LogP contribution in [0.3, 0.4) is 0 Å². The van der Waals surface area contributed by atoms with Crippen LogP contribution in [0.4, 0.5) is 5.69 Å². The van der Waals surface area contributed by atoms with Crippen LogP contribution >= 0.6 is 11.6 Å². The highest BCUT2D eigenvalue weighted by Crippen LogP contribution is 2.35. The second-order valence-corrected chi connectivity index (χ2v) is 3.86. The van der Waals surface area contributed by atoms with Crippen molar-refractivity contribution in [2.24, 2.45) is 0 Å². The first-order valence-electron chi connectivity index (χ1n) is 4.60. The monoisotopic (exact) mass is 225 g/mol. The minimum absolute atomic E-state index is 0.0315. The number of rotatable bonds is 1. The van der Waals surface area contributed by atoms with Gasteiger partial charge in [0, 0.05) is 17.5 Å². The Morgan fingerprint density at radius 3 is 2.73 bits per heavy atom. The standard InChI is InChI=1S/C10H8ClNO3/c11-8-5-4-6-7(10(8)12(14)15)2-1-3-9(6)13/h4-5H,1-3H2. The summed E-state index contributed by atoms with van der Waals surface area (Å²) >= 11 is 5.75. The summed E-state index contributed by atoms with van der Waals surface area (Å²) in [7, 11) is 0. The second-order valence-electron chi connectivity index (χ2n) is 3.46. The van der Waals surface area contributed by atoms with Gasteiger partial charge < -0.3 is 0 Å². The molecule has 0 amide bonds. The molecule has 0 heterocycles. The first-order chi connectivity index (χ1) is 7.11. The molecule has 0 fully saturated rings. The Kier molecular flexibility index (Phi) is 2.44. The topological polar surface area (TPSA) is 60.2 Å². The highest BCUT2D eigenvalue weighted by molar-refractivity contribution is 6.33. The van der Waals surface area contributed by atoms with Gasteiger partial charge in [0.2, 0.25) is 0 Å². The van der Waals surface area contributed by atoms with Crippen LogP contribution in [-0.4, -0.2) is 10.7 Å². The molecule has 1 aliphatic rings. The summed E-state index contributed by atoms with van der Waals surface area (Å²) in [4.78, 5) is 21.8. The van der Waals surface area contributed by atoms with Gasteiger partial charge in [0.25, 0.3) is 5.69 Å². The molecule has 1 aromatic carbocycles. The van der Waals surface area contributed by atoms with E-state index < -0.39 is 4.92 Å². The molecule has 0 spiro atoms. The van der Waals surface area contributed by atoms with Gasteiger partial charge in [0.1, 0.15) is 5.02 Å². The van der Waals surface area contributed by atoms with Crippen molar-refractivity contribution in [1.82, 2.24) is 0 Å². The highest BCUT2D eigenvalue weighted by atomic mass is 35.5. The zero-order valence-electron chi connectivity index (χ0n) is 7.83. The number of Topliss-reactive ketones (excluding diaryl/α,β-unsaturated/α-hetero) is 1. The molecular weight excluding hydrogens is 218 g/mol. The van der Waals surface area contributed by atoms with E-state index in [2.05, 4.69) is 0 Å². The summed E-state index contributed by atoms with van der Waals surface area (Å²) in [5, 5.41) is 10.9. The predicted molar refractivity (Wildman–Crippen MR) is 55.4 cm³/mol. The summed E-state index contributed by atoms with van der Waals surface area (Å²) in [6.07, 6.45) is 1.68. The molecule has 0 aromatic heterocycles. The van der Waals surface area contributed by atoms with E-state index in [-0.39, 0.29) is 16.5 Å². The number of benzene rings is 1. The van der Waals surface area contributed by atoms with E-state index >= 15 is 0 Å². The fourth-order valence-electron chi connectivity index (χ4n) is 1.88. The molecule has 2 rings (SSSR count). The van der Waals surface area contributed by atoms with Crippen LogP contribution in [0.1, 0.15) is 28.8 Å². The molecule has 1 aliphatic carbocycles. The lowest BCUT2D eigenvalue weighted by atomic mass is 9.89. The van der Waals surface area contributed by atoms with E-state index in [0.29, 0.717) is 30.4 Å². The summed E-state index contributed by atoms with van der Waals surface area (Å²) in [5.74, 6) is -0.0315. The van der Waals surface area contributed by atoms with Crippen molar-refractivity contribution >= 4 is 23.1 Å². The van der Waals surface area contributed by atoms with Gasteiger partial charge in [0.05, 0.1) is 4.92 Å². The quantitative estimate of drug-likeness (QED) is 0.545. The zero-order valence-corrected chi connectivity index (χ0v) is 8.58. The van der Waals surface area contributed by atoms with E-state index in [9.17, 15) is 14.9 Å². The number of carbonyl (C=O) groups excluding carboxylic acids is 1. The van der Waals surface area contributed by atoms with E-state index in [0.717, 1.165) is 0 Å². The van der Waals surface area contributed by atoms with Crippen molar-refractivity contribution in [3.63, 3.8) is 0 Å². The van der Waals surface area contributed by atoms with Gasteiger partial charge in [-0.2, -0.15) is 0 Å². The molecule has 1 aromatic rings. The number of hydrogen-bond donors (Lipinski definition) is 0. The van der Waals surface area contributed by atoms with Crippen molar-refractivity contribution in [2.75, 3.05) is 0 Å². The van der Waals surface area contributed by atoms with Crippen molar-refractivity contribution in [2.45, 2.75) is 19.3 Å². The summed E-state index contributed by atoms with van der Waals surface area (Å²) in [6, 6.07) is 2.99. The number of fused-ring (bicyclic) bond motifs is 1. The Morgan fingerprint density at radius 1 is 1.33 bits per heavy atom. The Bertz CT molecular complexity index is 456. The maximum Gasteiger partial charge on any atom is 0.291 e. The average molecular weight is 226 g/mol. The Labute approximate surface area is 91.0 Å². The van der Waals surface area contributed by atoms with Gasteiger partial charge in [-0.3, -0.25) is 14.9 Å². The van der Waals surface area contributed by atoms with Gasteiger partial charge in [0.15, 0.2) is 5.78 Å². The highest BCUT2D eigenvalue weighted by Gasteiger charge is 2.27. The summed E-state index contributed by atoms with van der Waals surface area (Å²) in [5.41, 5.74) is 0.836. The van der Waals surface area contributed by atoms with Gasteiger partial charge in [-0.1, -0.05) is 11.6 Å². The van der Waals surface area contributed by atoms with Crippen LogP contribution in [0.5, 0.6) is 0 Å². The van der Waals surface area contributed by atoms with E-state index in [1.165, 1.54) is 6.07 Å². The predicted octanol–water partition coefficient (Wildman–Crippen LogP) is 2.77. The van der Waals surface area contributed by atoms with Crippen molar-refractivity contribution in [3.05, 3.63) is 38.4 Å². The third-order valence-corrected chi connectivity index (χ3v) is 2.85. The van der Waals surface area contributed by atoms with E-state index in [1.807, 2.05) is 0 Å². The molecule has 0 saturated carbocycles. The third-order valence-electron chi connectivity index (χ3n) is 2.55. The second kappa shape index (κ2) is 3.62. The molecule has 0 radical (unpaired) electrons. The lowest BCUT2D eigenvalue weighted by Crippen LogP contribution is -2.12. The lowest BCUT2D eigenvalue weighted by Gasteiger charge is -2.14. The molecule has 0 unspecified atom stereocenters. The Hall–Kier alpha value is -1.42. The van der Waals surface area contributed by atoms with Crippen LogP contribution in [0.15, 0.2) is 12.1 Å². The lowest BCUT2D eigenvalue weighted by molar-refractivity contribution is -0.385. The first kappa shape index (κ1) is 10.1. The number of carbonyl (C=O) groups is 1. The zero-order chi connectivity index (χ0) is 11.0. The number of halogens is 1. The molecule has 0 saturated heterocycles. The van der Waals surface area contributed by atoms with Gasteiger partial charge in [-0.25, -0.2) is 0 Å². The normalized spacial score (nSPS) is 14.9. The molecule has 0 aliphatic heterocycles. The molecule has 0 N–H and O–H groups in total. The Morgan fingerprint density at radius 2 is 2.07 bits per heavy atom. The first-order valence-corrected chi connectivity index (χ1v) is 4.98. The maximum absolute atomic E-state index is 11.5. The smallest absolute Gasteiger partial charge is 0.291 e.